The molecular formula is C16H14ClF3N4O3S. The van der Waals surface area contributed by atoms with Gasteiger partial charge in [0.2, 0.25) is 0 Å². The number of nitrogens with zero attached hydrogens (tertiary/aromatic N) is 1. The van der Waals surface area contributed by atoms with Gasteiger partial charge in [-0.1, -0.05) is 29.8 Å². The Kier molecular flexibility index (Phi) is 6.52. The highest BCUT2D eigenvalue weighted by atomic mass is 35.5. The number of carbonyl (C=O) groups is 1. The number of hydrazone groups is 1. The van der Waals surface area contributed by atoms with Gasteiger partial charge in [-0.25, -0.2) is 10.2 Å². The number of hydrogen-bond acceptors (Lipinski definition) is 4. The lowest BCUT2D eigenvalue weighted by Gasteiger charge is -2.14. The molecule has 2 aromatic carbocycles. The van der Waals surface area contributed by atoms with Gasteiger partial charge in [-0.05, 0) is 37.3 Å². The molecule has 7 nitrogen and oxygen atoms in total. The molecule has 0 bridgehead atoms. The highest BCUT2D eigenvalue weighted by Crippen LogP contribution is 2.28. The van der Waals surface area contributed by atoms with Crippen molar-refractivity contribution in [2.45, 2.75) is 12.4 Å². The SMILES string of the molecule is C/C(=N\NC(=O)Nc1ccccc1)c1cc(Cl)ccc1NS(=O)(=O)C(F)(F)F. The molecule has 0 saturated carbocycles. The maximum atomic E-state index is 12.6. The van der Waals surface area contributed by atoms with Crippen LogP contribution in [0.3, 0.4) is 0 Å². The van der Waals surface area contributed by atoms with E-state index in [0.717, 1.165) is 6.07 Å². The van der Waals surface area contributed by atoms with Gasteiger partial charge in [-0.2, -0.15) is 26.7 Å². The van der Waals surface area contributed by atoms with E-state index >= 15 is 0 Å². The van der Waals surface area contributed by atoms with Crippen molar-refractivity contribution in [1.82, 2.24) is 5.43 Å². The first-order valence-corrected chi connectivity index (χ1v) is 9.41. The maximum absolute atomic E-state index is 12.6. The summed E-state index contributed by atoms with van der Waals surface area (Å²) < 4.78 is 62.0. The minimum absolute atomic E-state index is 0.0191. The van der Waals surface area contributed by atoms with Crippen molar-refractivity contribution in [2.24, 2.45) is 5.10 Å². The largest absolute Gasteiger partial charge is 0.516 e. The molecule has 0 aliphatic heterocycles. The van der Waals surface area contributed by atoms with Gasteiger partial charge in [0, 0.05) is 16.3 Å². The molecule has 2 aromatic rings. The second-order valence-corrected chi connectivity index (χ2v) is 7.48. The summed E-state index contributed by atoms with van der Waals surface area (Å²) in [5.74, 6) is 0. The third-order valence-electron chi connectivity index (χ3n) is 3.28. The average molecular weight is 435 g/mol. The van der Waals surface area contributed by atoms with Crippen molar-refractivity contribution < 1.29 is 26.4 Å². The molecule has 150 valence electrons. The van der Waals surface area contributed by atoms with Crippen molar-refractivity contribution >= 4 is 44.7 Å². The van der Waals surface area contributed by atoms with E-state index in [1.54, 1.807) is 30.3 Å². The van der Waals surface area contributed by atoms with Crippen LogP contribution in [0, 0.1) is 0 Å². The third kappa shape index (κ3) is 5.60. The zero-order valence-electron chi connectivity index (χ0n) is 14.2. The van der Waals surface area contributed by atoms with Crippen molar-refractivity contribution in [1.29, 1.82) is 0 Å². The van der Waals surface area contributed by atoms with E-state index in [1.807, 2.05) is 0 Å². The van der Waals surface area contributed by atoms with Crippen LogP contribution in [0.15, 0.2) is 53.6 Å². The highest BCUT2D eigenvalue weighted by Gasteiger charge is 2.46. The topological polar surface area (TPSA) is 99.7 Å². The summed E-state index contributed by atoms with van der Waals surface area (Å²) in [5.41, 5.74) is -3.26. The number of benzene rings is 2. The molecule has 3 N–H and O–H groups in total. The molecule has 12 heteroatoms. The molecule has 2 rings (SSSR count). The first-order valence-electron chi connectivity index (χ1n) is 7.55. The first kappa shape index (κ1) is 21.5. The molecule has 0 aliphatic rings. The second-order valence-electron chi connectivity index (χ2n) is 5.37. The number of nitrogens with one attached hydrogen (secondary N) is 3. The molecule has 0 heterocycles. The number of sulfonamides is 1. The van der Waals surface area contributed by atoms with Gasteiger partial charge in [0.1, 0.15) is 0 Å². The van der Waals surface area contributed by atoms with E-state index in [9.17, 15) is 26.4 Å². The summed E-state index contributed by atoms with van der Waals surface area (Å²) in [6, 6.07) is 11.2. The van der Waals surface area contributed by atoms with Crippen molar-refractivity contribution in [3.8, 4) is 0 Å². The van der Waals surface area contributed by atoms with Gasteiger partial charge in [0.05, 0.1) is 11.4 Å². The number of para-hydroxylation sites is 1. The lowest BCUT2D eigenvalue weighted by molar-refractivity contribution is -0.0429. The molecule has 0 spiro atoms. The Morgan fingerprint density at radius 1 is 1.11 bits per heavy atom. The number of anilines is 2. The molecule has 0 atom stereocenters. The quantitative estimate of drug-likeness (QED) is 0.487. The Hall–Kier alpha value is -2.79. The van der Waals surface area contributed by atoms with Crippen LogP contribution in [0.4, 0.5) is 29.3 Å². The third-order valence-corrected chi connectivity index (χ3v) is 4.61. The van der Waals surface area contributed by atoms with Gasteiger partial charge >= 0.3 is 21.6 Å². The maximum Gasteiger partial charge on any atom is 0.516 e. The number of hydrogen-bond donors (Lipinski definition) is 3. The van der Waals surface area contributed by atoms with Crippen molar-refractivity contribution in [2.75, 3.05) is 10.0 Å². The van der Waals surface area contributed by atoms with E-state index in [-0.39, 0.29) is 16.3 Å². The number of halogens is 4. The van der Waals surface area contributed by atoms with Crippen molar-refractivity contribution in [3.05, 3.63) is 59.1 Å². The molecule has 0 aromatic heterocycles. The Morgan fingerprint density at radius 2 is 1.75 bits per heavy atom. The molecule has 0 unspecified atom stereocenters. The zero-order valence-corrected chi connectivity index (χ0v) is 15.8. The number of amides is 2. The van der Waals surface area contributed by atoms with Crippen LogP contribution in [0.1, 0.15) is 12.5 Å². The van der Waals surface area contributed by atoms with Crippen LogP contribution >= 0.6 is 11.6 Å². The lowest BCUT2D eigenvalue weighted by Crippen LogP contribution is -2.30. The summed E-state index contributed by atoms with van der Waals surface area (Å²) in [6.07, 6.45) is 0. The van der Waals surface area contributed by atoms with Crippen LogP contribution < -0.4 is 15.5 Å². The summed E-state index contributed by atoms with van der Waals surface area (Å²) in [7, 11) is -5.64. The molecule has 0 aliphatic carbocycles. The first-order chi connectivity index (χ1) is 13.0. The number of alkyl halides is 3. The van der Waals surface area contributed by atoms with Crippen LogP contribution in [0.2, 0.25) is 5.02 Å². The van der Waals surface area contributed by atoms with Crippen LogP contribution in [-0.4, -0.2) is 25.7 Å². The second kappa shape index (κ2) is 8.48. The fraction of sp³-hybridized carbons (Fsp3) is 0.125. The fourth-order valence-corrected chi connectivity index (χ4v) is 2.74. The monoisotopic (exact) mass is 434 g/mol. The summed E-state index contributed by atoms with van der Waals surface area (Å²) in [5, 5.41) is 6.39. The predicted molar refractivity (Wildman–Crippen MR) is 101 cm³/mol. The van der Waals surface area contributed by atoms with Gasteiger partial charge < -0.3 is 5.32 Å². The Balaban J connectivity index is 2.22. The van der Waals surface area contributed by atoms with Crippen LogP contribution in [-0.2, 0) is 10.0 Å². The van der Waals surface area contributed by atoms with Gasteiger partial charge in [0.15, 0.2) is 0 Å². The molecule has 0 fully saturated rings. The minimum atomic E-state index is -5.64. The van der Waals surface area contributed by atoms with E-state index in [1.165, 1.54) is 23.8 Å². The fourth-order valence-electron chi connectivity index (χ4n) is 1.98. The number of urea groups is 1. The Morgan fingerprint density at radius 3 is 2.36 bits per heavy atom. The standard InChI is InChI=1S/C16H14ClF3N4O3S/c1-10(22-23-15(25)21-12-5-3-2-4-6-12)13-9-11(17)7-8-14(13)24-28(26,27)16(18,19)20/h2-9,24H,1H3,(H2,21,23,25)/b22-10+. The van der Waals surface area contributed by atoms with E-state index in [4.69, 9.17) is 11.6 Å². The lowest BCUT2D eigenvalue weighted by atomic mass is 10.1. The molecule has 0 radical (unpaired) electrons. The molecule has 28 heavy (non-hydrogen) atoms. The van der Waals surface area contributed by atoms with E-state index in [0.29, 0.717) is 5.69 Å². The van der Waals surface area contributed by atoms with Gasteiger partial charge in [-0.15, -0.1) is 0 Å². The van der Waals surface area contributed by atoms with E-state index in [2.05, 4.69) is 15.8 Å². The average Bonchev–Trinajstić information content (AvgIpc) is 2.61. The smallest absolute Gasteiger partial charge is 0.307 e. The van der Waals surface area contributed by atoms with Gasteiger partial charge in [0.25, 0.3) is 0 Å². The van der Waals surface area contributed by atoms with Crippen LogP contribution in [0.5, 0.6) is 0 Å². The van der Waals surface area contributed by atoms with Crippen LogP contribution in [0.25, 0.3) is 0 Å². The summed E-state index contributed by atoms with van der Waals surface area (Å²) in [6.45, 7) is 1.36. The Labute approximate surface area is 163 Å². The molecule has 0 saturated heterocycles. The summed E-state index contributed by atoms with van der Waals surface area (Å²) >= 11 is 5.84. The number of carbonyl (C=O) groups excluding carboxylic acids is 1. The molecular weight excluding hydrogens is 421 g/mol. The molecule has 2 amide bonds. The number of rotatable bonds is 5. The van der Waals surface area contributed by atoms with E-state index < -0.39 is 27.3 Å². The Bertz CT molecular complexity index is 996. The van der Waals surface area contributed by atoms with Crippen molar-refractivity contribution in [3.63, 3.8) is 0 Å². The van der Waals surface area contributed by atoms with Gasteiger partial charge in [-0.3, -0.25) is 4.72 Å². The zero-order chi connectivity index (χ0) is 20.9. The normalized spacial score (nSPS) is 12.4. The highest BCUT2D eigenvalue weighted by molar-refractivity contribution is 7.93. The minimum Gasteiger partial charge on any atom is -0.307 e. The summed E-state index contributed by atoms with van der Waals surface area (Å²) in [4.78, 5) is 11.8. The predicted octanol–water partition coefficient (Wildman–Crippen LogP) is 4.15.